The Morgan fingerprint density at radius 1 is 1.07 bits per heavy atom. The van der Waals surface area contributed by atoms with Crippen molar-refractivity contribution < 1.29 is 19.0 Å². The van der Waals surface area contributed by atoms with Gasteiger partial charge < -0.3 is 14.2 Å². The van der Waals surface area contributed by atoms with Gasteiger partial charge in [0, 0.05) is 19.8 Å². The Labute approximate surface area is 88.8 Å². The fraction of sp³-hybridized carbons (Fsp3) is 0.364. The van der Waals surface area contributed by atoms with Crippen LogP contribution in [-0.4, -0.2) is 27.3 Å². The molecule has 0 saturated carbocycles. The van der Waals surface area contributed by atoms with Crippen LogP contribution in [0.4, 0.5) is 0 Å². The molecule has 0 fully saturated rings. The van der Waals surface area contributed by atoms with Crippen LogP contribution in [0.2, 0.25) is 0 Å². The van der Waals surface area contributed by atoms with Gasteiger partial charge in [-0.15, -0.1) is 0 Å². The molecule has 0 aromatic heterocycles. The van der Waals surface area contributed by atoms with E-state index in [1.807, 2.05) is 0 Å². The van der Waals surface area contributed by atoms with Gasteiger partial charge in [-0.3, -0.25) is 0 Å². The van der Waals surface area contributed by atoms with Crippen LogP contribution in [0.1, 0.15) is 22.2 Å². The third-order valence-corrected chi connectivity index (χ3v) is 2.03. The molecule has 4 heteroatoms. The number of carbonyl (C=O) groups excluding carboxylic acids is 1. The van der Waals surface area contributed by atoms with E-state index >= 15 is 0 Å². The van der Waals surface area contributed by atoms with E-state index in [2.05, 4.69) is 4.74 Å². The lowest BCUT2D eigenvalue weighted by Crippen LogP contribution is -2.05. The zero-order valence-electron chi connectivity index (χ0n) is 9.02. The van der Waals surface area contributed by atoms with Gasteiger partial charge in [0.15, 0.2) is 6.29 Å². The number of hydrogen-bond donors (Lipinski definition) is 0. The van der Waals surface area contributed by atoms with Crippen LogP contribution in [0.25, 0.3) is 0 Å². The predicted octanol–water partition coefficient (Wildman–Crippen LogP) is 1.76. The third-order valence-electron chi connectivity index (χ3n) is 2.03. The van der Waals surface area contributed by atoms with Crippen molar-refractivity contribution in [1.29, 1.82) is 0 Å². The van der Waals surface area contributed by atoms with Crippen molar-refractivity contribution >= 4 is 5.97 Å². The molecule has 0 aliphatic heterocycles. The highest BCUT2D eigenvalue weighted by atomic mass is 16.7. The van der Waals surface area contributed by atoms with Crippen molar-refractivity contribution in [2.45, 2.75) is 6.29 Å². The number of benzene rings is 1. The molecule has 0 heterocycles. The van der Waals surface area contributed by atoms with E-state index in [1.165, 1.54) is 7.11 Å². The van der Waals surface area contributed by atoms with Gasteiger partial charge in [0.1, 0.15) is 0 Å². The van der Waals surface area contributed by atoms with Crippen molar-refractivity contribution in [1.82, 2.24) is 0 Å². The van der Waals surface area contributed by atoms with Gasteiger partial charge in [-0.2, -0.15) is 0 Å². The van der Waals surface area contributed by atoms with Crippen molar-refractivity contribution in [3.8, 4) is 0 Å². The van der Waals surface area contributed by atoms with E-state index in [-0.39, 0.29) is 5.97 Å². The Morgan fingerprint density at radius 3 is 2.00 bits per heavy atom. The number of ether oxygens (including phenoxy) is 3. The van der Waals surface area contributed by atoms with Crippen molar-refractivity contribution in [3.05, 3.63) is 35.4 Å². The zero-order chi connectivity index (χ0) is 11.3. The molecule has 15 heavy (non-hydrogen) atoms. The smallest absolute Gasteiger partial charge is 0.337 e. The van der Waals surface area contributed by atoms with Crippen molar-refractivity contribution in [3.63, 3.8) is 0 Å². The first kappa shape index (κ1) is 11.7. The second-order valence-electron chi connectivity index (χ2n) is 2.92. The van der Waals surface area contributed by atoms with Crippen LogP contribution in [0.3, 0.4) is 0 Å². The highest BCUT2D eigenvalue weighted by Gasteiger charge is 2.10. The summed E-state index contributed by atoms with van der Waals surface area (Å²) in [6, 6.07) is 6.88. The topological polar surface area (TPSA) is 44.8 Å². The average molecular weight is 210 g/mol. The van der Waals surface area contributed by atoms with Gasteiger partial charge in [-0.1, -0.05) is 12.1 Å². The van der Waals surface area contributed by atoms with Crippen LogP contribution in [0.15, 0.2) is 24.3 Å². The molecular weight excluding hydrogens is 196 g/mol. The standard InChI is InChI=1S/C11H14O4/c1-13-10(12)8-4-6-9(7-5-8)11(14-2)15-3/h4-7,11H,1-3H3. The van der Waals surface area contributed by atoms with Gasteiger partial charge in [0.2, 0.25) is 0 Å². The van der Waals surface area contributed by atoms with E-state index < -0.39 is 6.29 Å². The van der Waals surface area contributed by atoms with E-state index in [0.29, 0.717) is 5.56 Å². The maximum absolute atomic E-state index is 11.1. The first-order valence-corrected chi connectivity index (χ1v) is 4.46. The Hall–Kier alpha value is -1.39. The summed E-state index contributed by atoms with van der Waals surface area (Å²) in [5, 5.41) is 0. The van der Waals surface area contributed by atoms with Crippen molar-refractivity contribution in [2.24, 2.45) is 0 Å². The van der Waals surface area contributed by atoms with Gasteiger partial charge in [-0.05, 0) is 12.1 Å². The fourth-order valence-corrected chi connectivity index (χ4v) is 1.26. The minimum atomic E-state index is -0.406. The third kappa shape index (κ3) is 2.78. The monoisotopic (exact) mass is 210 g/mol. The van der Waals surface area contributed by atoms with E-state index in [4.69, 9.17) is 9.47 Å². The van der Waals surface area contributed by atoms with E-state index in [9.17, 15) is 4.79 Å². The summed E-state index contributed by atoms with van der Waals surface area (Å²) in [6.07, 6.45) is -0.406. The molecule has 0 aliphatic carbocycles. The Balaban J connectivity index is 2.84. The Kier molecular flexibility index (Phi) is 4.27. The summed E-state index contributed by atoms with van der Waals surface area (Å²) in [6.45, 7) is 0. The van der Waals surface area contributed by atoms with E-state index in [1.54, 1.807) is 38.5 Å². The lowest BCUT2D eigenvalue weighted by atomic mass is 10.1. The second-order valence-corrected chi connectivity index (χ2v) is 2.92. The summed E-state index contributed by atoms with van der Waals surface area (Å²) < 4.78 is 14.7. The predicted molar refractivity (Wildman–Crippen MR) is 54.5 cm³/mol. The molecule has 0 aliphatic rings. The number of carbonyl (C=O) groups is 1. The SMILES string of the molecule is COC(=O)c1ccc(C(OC)OC)cc1. The number of esters is 1. The summed E-state index contributed by atoms with van der Waals surface area (Å²) >= 11 is 0. The summed E-state index contributed by atoms with van der Waals surface area (Å²) in [5.74, 6) is -0.354. The molecule has 82 valence electrons. The largest absolute Gasteiger partial charge is 0.465 e. The quantitative estimate of drug-likeness (QED) is 0.561. The minimum Gasteiger partial charge on any atom is -0.465 e. The molecular formula is C11H14O4. The molecule has 0 saturated heterocycles. The van der Waals surface area contributed by atoms with Gasteiger partial charge in [0.05, 0.1) is 12.7 Å². The highest BCUT2D eigenvalue weighted by Crippen LogP contribution is 2.17. The molecule has 0 bridgehead atoms. The normalized spacial score (nSPS) is 10.4. The average Bonchev–Trinajstić information content (AvgIpc) is 2.30. The van der Waals surface area contributed by atoms with Crippen LogP contribution in [-0.2, 0) is 14.2 Å². The lowest BCUT2D eigenvalue weighted by Gasteiger charge is -2.13. The Bertz CT molecular complexity index is 314. The summed E-state index contributed by atoms with van der Waals surface area (Å²) in [7, 11) is 4.47. The van der Waals surface area contributed by atoms with Gasteiger partial charge in [-0.25, -0.2) is 4.79 Å². The number of methoxy groups -OCH3 is 3. The minimum absolute atomic E-state index is 0.354. The first-order chi connectivity index (χ1) is 7.22. The maximum Gasteiger partial charge on any atom is 0.337 e. The fourth-order valence-electron chi connectivity index (χ4n) is 1.26. The maximum atomic E-state index is 11.1. The van der Waals surface area contributed by atoms with Crippen LogP contribution in [0.5, 0.6) is 0 Å². The molecule has 1 aromatic rings. The lowest BCUT2D eigenvalue weighted by molar-refractivity contribution is -0.106. The van der Waals surface area contributed by atoms with E-state index in [0.717, 1.165) is 5.56 Å². The van der Waals surface area contributed by atoms with Crippen LogP contribution in [0, 0.1) is 0 Å². The summed E-state index contributed by atoms with van der Waals surface area (Å²) in [5.41, 5.74) is 1.36. The van der Waals surface area contributed by atoms with Gasteiger partial charge >= 0.3 is 5.97 Å². The molecule has 0 N–H and O–H groups in total. The molecule has 0 amide bonds. The molecule has 4 nitrogen and oxygen atoms in total. The molecule has 0 atom stereocenters. The molecule has 1 aromatic carbocycles. The molecule has 0 spiro atoms. The summed E-state index contributed by atoms with van der Waals surface area (Å²) in [4.78, 5) is 11.1. The van der Waals surface area contributed by atoms with Crippen LogP contribution >= 0.6 is 0 Å². The van der Waals surface area contributed by atoms with Crippen LogP contribution < -0.4 is 0 Å². The first-order valence-electron chi connectivity index (χ1n) is 4.46. The second kappa shape index (κ2) is 5.48. The number of hydrogen-bond acceptors (Lipinski definition) is 4. The number of rotatable bonds is 4. The molecule has 1 rings (SSSR count). The Morgan fingerprint density at radius 2 is 1.60 bits per heavy atom. The molecule has 0 radical (unpaired) electrons. The highest BCUT2D eigenvalue weighted by molar-refractivity contribution is 5.89. The molecule has 0 unspecified atom stereocenters. The zero-order valence-corrected chi connectivity index (χ0v) is 9.02. The van der Waals surface area contributed by atoms with Crippen molar-refractivity contribution in [2.75, 3.05) is 21.3 Å². The van der Waals surface area contributed by atoms with Gasteiger partial charge in [0.25, 0.3) is 0 Å².